The zero-order chi connectivity index (χ0) is 15.4. The van der Waals surface area contributed by atoms with Crippen LogP contribution in [0.2, 0.25) is 0 Å². The van der Waals surface area contributed by atoms with Crippen LogP contribution in [-0.4, -0.2) is 53.8 Å². The molecule has 2 amide bonds. The number of amides is 2. The smallest absolute Gasteiger partial charge is 0.239 e. The molecule has 120 valence electrons. The van der Waals surface area contributed by atoms with Crippen molar-refractivity contribution >= 4 is 11.8 Å². The molecule has 3 atom stereocenters. The maximum Gasteiger partial charge on any atom is 0.239 e. The Labute approximate surface area is 127 Å². The summed E-state index contributed by atoms with van der Waals surface area (Å²) in [7, 11) is 0. The fourth-order valence-corrected chi connectivity index (χ4v) is 3.50. The molecule has 0 aromatic heterocycles. The minimum Gasteiger partial charge on any atom is -0.369 e. The molecular formula is C16H29N3O2. The van der Waals surface area contributed by atoms with Gasteiger partial charge in [-0.25, -0.2) is 0 Å². The first kappa shape index (κ1) is 16.3. The van der Waals surface area contributed by atoms with Crippen LogP contribution in [0, 0.1) is 11.8 Å². The fraction of sp³-hybridized carbons (Fsp3) is 0.875. The lowest BCUT2D eigenvalue weighted by Crippen LogP contribution is -2.51. The van der Waals surface area contributed by atoms with Crippen molar-refractivity contribution in [3.05, 3.63) is 0 Å². The molecule has 0 unspecified atom stereocenters. The van der Waals surface area contributed by atoms with Crippen LogP contribution >= 0.6 is 0 Å². The highest BCUT2D eigenvalue weighted by atomic mass is 16.2. The Hall–Kier alpha value is -1.10. The lowest BCUT2D eigenvalue weighted by molar-refractivity contribution is -0.139. The number of hydrogen-bond donors (Lipinski definition) is 1. The minimum absolute atomic E-state index is 0.0815. The predicted molar refractivity (Wildman–Crippen MR) is 82.5 cm³/mol. The molecule has 0 radical (unpaired) electrons. The molecular weight excluding hydrogens is 266 g/mol. The van der Waals surface area contributed by atoms with E-state index in [0.29, 0.717) is 6.54 Å². The molecule has 5 nitrogen and oxygen atoms in total. The Balaban J connectivity index is 1.93. The van der Waals surface area contributed by atoms with E-state index in [1.165, 1.54) is 19.3 Å². The van der Waals surface area contributed by atoms with Crippen molar-refractivity contribution in [2.24, 2.45) is 17.6 Å². The summed E-state index contributed by atoms with van der Waals surface area (Å²) in [5, 5.41) is 0. The van der Waals surface area contributed by atoms with Crippen LogP contribution in [0.15, 0.2) is 0 Å². The van der Waals surface area contributed by atoms with Gasteiger partial charge in [0, 0.05) is 13.1 Å². The molecule has 0 aromatic rings. The quantitative estimate of drug-likeness (QED) is 0.851. The van der Waals surface area contributed by atoms with Crippen LogP contribution in [0.3, 0.4) is 0 Å². The number of carbonyl (C=O) groups excluding carboxylic acids is 2. The van der Waals surface area contributed by atoms with Crippen LogP contribution in [0.25, 0.3) is 0 Å². The van der Waals surface area contributed by atoms with Crippen molar-refractivity contribution in [3.63, 3.8) is 0 Å². The molecule has 0 aromatic carbocycles. The van der Waals surface area contributed by atoms with Crippen LogP contribution < -0.4 is 5.73 Å². The van der Waals surface area contributed by atoms with Crippen molar-refractivity contribution in [1.82, 2.24) is 9.80 Å². The van der Waals surface area contributed by atoms with Gasteiger partial charge < -0.3 is 10.6 Å². The van der Waals surface area contributed by atoms with E-state index < -0.39 is 0 Å². The molecule has 2 aliphatic rings. The topological polar surface area (TPSA) is 66.6 Å². The number of nitrogens with zero attached hydrogens (tertiary/aromatic N) is 2. The van der Waals surface area contributed by atoms with Gasteiger partial charge in [0.15, 0.2) is 0 Å². The number of hydrogen-bond acceptors (Lipinski definition) is 3. The van der Waals surface area contributed by atoms with E-state index in [0.717, 1.165) is 38.4 Å². The first-order chi connectivity index (χ1) is 9.99. The number of carbonyl (C=O) groups is 2. The van der Waals surface area contributed by atoms with Gasteiger partial charge in [-0.05, 0) is 58.0 Å². The van der Waals surface area contributed by atoms with Gasteiger partial charge >= 0.3 is 0 Å². The van der Waals surface area contributed by atoms with Gasteiger partial charge in [-0.3, -0.25) is 14.5 Å². The van der Waals surface area contributed by atoms with Crippen molar-refractivity contribution in [2.45, 2.75) is 52.0 Å². The molecule has 0 bridgehead atoms. The van der Waals surface area contributed by atoms with Gasteiger partial charge in [0.1, 0.15) is 0 Å². The van der Waals surface area contributed by atoms with Crippen molar-refractivity contribution in [2.75, 3.05) is 26.2 Å². The molecule has 0 spiro atoms. The Morgan fingerprint density at radius 3 is 2.52 bits per heavy atom. The second kappa shape index (κ2) is 7.25. The van der Waals surface area contributed by atoms with Crippen molar-refractivity contribution in [3.8, 4) is 0 Å². The third-order valence-corrected chi connectivity index (χ3v) is 5.09. The summed E-state index contributed by atoms with van der Waals surface area (Å²) < 4.78 is 0. The van der Waals surface area contributed by atoms with E-state index in [2.05, 4.69) is 11.8 Å². The van der Waals surface area contributed by atoms with E-state index in [-0.39, 0.29) is 23.8 Å². The van der Waals surface area contributed by atoms with Crippen LogP contribution in [0.5, 0.6) is 0 Å². The Morgan fingerprint density at radius 2 is 1.81 bits per heavy atom. The third kappa shape index (κ3) is 4.19. The molecule has 2 N–H and O–H groups in total. The second-order valence-electron chi connectivity index (χ2n) is 6.77. The highest BCUT2D eigenvalue weighted by Gasteiger charge is 2.32. The number of primary amides is 1. The number of rotatable bonds is 3. The lowest BCUT2D eigenvalue weighted by Gasteiger charge is -2.36. The highest BCUT2D eigenvalue weighted by Crippen LogP contribution is 2.21. The minimum atomic E-state index is -0.274. The average Bonchev–Trinajstić information content (AvgIpc) is 2.70. The number of likely N-dealkylation sites (tertiary alicyclic amines) is 2. The van der Waals surface area contributed by atoms with Gasteiger partial charge in [-0.2, -0.15) is 0 Å². The van der Waals surface area contributed by atoms with E-state index in [9.17, 15) is 9.59 Å². The van der Waals surface area contributed by atoms with Gasteiger partial charge in [0.25, 0.3) is 0 Å². The maximum atomic E-state index is 12.7. The van der Waals surface area contributed by atoms with Gasteiger partial charge in [-0.1, -0.05) is 6.92 Å². The number of piperidine rings is 1. The summed E-state index contributed by atoms with van der Waals surface area (Å²) in [5.41, 5.74) is 5.40. The standard InChI is InChI=1S/C16H29N3O2/c1-12-5-3-8-18(10-7-12)13(2)16(21)19-9-4-6-14(11-19)15(17)20/h12-14H,3-11H2,1-2H3,(H2,17,20)/t12-,13+,14+/m1/s1. The second-order valence-corrected chi connectivity index (χ2v) is 6.77. The average molecular weight is 295 g/mol. The Bertz CT molecular complexity index is 386. The fourth-order valence-electron chi connectivity index (χ4n) is 3.50. The van der Waals surface area contributed by atoms with Crippen molar-refractivity contribution < 1.29 is 9.59 Å². The van der Waals surface area contributed by atoms with Gasteiger partial charge in [0.2, 0.25) is 11.8 Å². The van der Waals surface area contributed by atoms with Gasteiger partial charge in [-0.15, -0.1) is 0 Å². The largest absolute Gasteiger partial charge is 0.369 e. The summed E-state index contributed by atoms with van der Waals surface area (Å²) in [6.07, 6.45) is 5.28. The number of nitrogens with two attached hydrogens (primary N) is 1. The lowest BCUT2D eigenvalue weighted by atomic mass is 9.97. The van der Waals surface area contributed by atoms with Crippen molar-refractivity contribution in [1.29, 1.82) is 0 Å². The van der Waals surface area contributed by atoms with E-state index >= 15 is 0 Å². The summed E-state index contributed by atoms with van der Waals surface area (Å²) in [6.45, 7) is 7.57. The van der Waals surface area contributed by atoms with Crippen LogP contribution in [-0.2, 0) is 9.59 Å². The Morgan fingerprint density at radius 1 is 1.10 bits per heavy atom. The normalized spacial score (nSPS) is 29.7. The molecule has 2 saturated heterocycles. The SMILES string of the molecule is C[C@@H]1CCCN([C@@H](C)C(=O)N2CCC[C@H](C(N)=O)C2)CC1. The first-order valence-electron chi connectivity index (χ1n) is 8.31. The molecule has 0 aliphatic carbocycles. The monoisotopic (exact) mass is 295 g/mol. The molecule has 5 heteroatoms. The third-order valence-electron chi connectivity index (χ3n) is 5.09. The Kier molecular flexibility index (Phi) is 5.62. The zero-order valence-electron chi connectivity index (χ0n) is 13.4. The molecule has 2 fully saturated rings. The summed E-state index contributed by atoms with van der Waals surface area (Å²) >= 11 is 0. The van der Waals surface area contributed by atoms with Gasteiger partial charge in [0.05, 0.1) is 12.0 Å². The van der Waals surface area contributed by atoms with E-state index in [1.54, 1.807) is 0 Å². The highest BCUT2D eigenvalue weighted by molar-refractivity contribution is 5.83. The summed E-state index contributed by atoms with van der Waals surface area (Å²) in [5.74, 6) is 0.477. The predicted octanol–water partition coefficient (Wildman–Crippen LogP) is 1.22. The van der Waals surface area contributed by atoms with Crippen LogP contribution in [0.4, 0.5) is 0 Å². The summed E-state index contributed by atoms with van der Waals surface area (Å²) in [4.78, 5) is 28.2. The zero-order valence-corrected chi connectivity index (χ0v) is 13.4. The van der Waals surface area contributed by atoms with E-state index in [1.807, 2.05) is 11.8 Å². The summed E-state index contributed by atoms with van der Waals surface area (Å²) in [6, 6.07) is -0.0815. The molecule has 2 heterocycles. The maximum absolute atomic E-state index is 12.7. The van der Waals surface area contributed by atoms with Crippen LogP contribution in [0.1, 0.15) is 46.0 Å². The molecule has 2 rings (SSSR count). The molecule has 2 aliphatic heterocycles. The molecule has 0 saturated carbocycles. The molecule has 21 heavy (non-hydrogen) atoms. The van der Waals surface area contributed by atoms with E-state index in [4.69, 9.17) is 5.73 Å². The first-order valence-corrected chi connectivity index (χ1v) is 8.31.